The highest BCUT2D eigenvalue weighted by Gasteiger charge is 2.32. The third-order valence-corrected chi connectivity index (χ3v) is 4.45. The van der Waals surface area contributed by atoms with Gasteiger partial charge < -0.3 is 9.63 Å². The number of likely N-dealkylation sites (tertiary alicyclic amines) is 1. The summed E-state index contributed by atoms with van der Waals surface area (Å²) in [5.74, 6) is 0.141. The molecule has 1 fully saturated rings. The number of aromatic nitrogens is 3. The number of rotatable bonds is 6. The van der Waals surface area contributed by atoms with Crippen LogP contribution in [0.25, 0.3) is 11.4 Å². The van der Waals surface area contributed by atoms with Gasteiger partial charge in [-0.05, 0) is 17.7 Å². The van der Waals surface area contributed by atoms with Crippen molar-refractivity contribution in [1.82, 2.24) is 20.0 Å². The van der Waals surface area contributed by atoms with Gasteiger partial charge in [-0.1, -0.05) is 63.2 Å². The molecule has 0 amide bonds. The molecule has 3 aromatic rings. The third-order valence-electron chi connectivity index (χ3n) is 4.45. The Morgan fingerprint density at radius 3 is 2.40 bits per heavy atom. The van der Waals surface area contributed by atoms with Crippen LogP contribution in [0, 0.1) is 5.92 Å². The van der Waals surface area contributed by atoms with E-state index in [0.29, 0.717) is 31.2 Å². The minimum atomic E-state index is -0.713. The molecular formula is C23H30N4O3. The molecule has 4 rings (SSSR count). The number of benzene rings is 1. The van der Waals surface area contributed by atoms with Crippen molar-refractivity contribution in [1.29, 1.82) is 0 Å². The second kappa shape index (κ2) is 11.8. The Balaban J connectivity index is 0.000000757. The minimum Gasteiger partial charge on any atom is -0.481 e. The Morgan fingerprint density at radius 1 is 1.10 bits per heavy atom. The zero-order chi connectivity index (χ0) is 21.9. The molecule has 30 heavy (non-hydrogen) atoms. The Labute approximate surface area is 177 Å². The average molecular weight is 411 g/mol. The number of hydrogen-bond acceptors (Lipinski definition) is 6. The molecule has 7 heteroatoms. The molecule has 7 nitrogen and oxygen atoms in total. The lowest BCUT2D eigenvalue weighted by molar-refractivity contribution is -0.147. The second-order valence-corrected chi connectivity index (χ2v) is 6.44. The maximum absolute atomic E-state index is 10.8. The average Bonchev–Trinajstić information content (AvgIpc) is 3.22. The molecular weight excluding hydrogens is 380 g/mol. The summed E-state index contributed by atoms with van der Waals surface area (Å²) in [5.41, 5.74) is 2.90. The van der Waals surface area contributed by atoms with E-state index < -0.39 is 5.97 Å². The van der Waals surface area contributed by atoms with Crippen LogP contribution >= 0.6 is 0 Å². The first-order chi connectivity index (χ1) is 14.7. The van der Waals surface area contributed by atoms with Gasteiger partial charge in [0.05, 0.1) is 12.3 Å². The summed E-state index contributed by atoms with van der Waals surface area (Å²) in [6.45, 7) is 9.97. The summed E-state index contributed by atoms with van der Waals surface area (Å²) >= 11 is 0. The maximum Gasteiger partial charge on any atom is 0.309 e. The van der Waals surface area contributed by atoms with Gasteiger partial charge in [-0.15, -0.1) is 0 Å². The third kappa shape index (κ3) is 6.22. The Kier molecular flexibility index (Phi) is 9.15. The van der Waals surface area contributed by atoms with E-state index in [0.717, 1.165) is 23.4 Å². The SMILES string of the molecule is CC.CC.O=C(O)C1CN(Cc2ccc(-c3noc(Cc4ccccn4)n3)cc2)C1. The molecule has 0 saturated carbocycles. The lowest BCUT2D eigenvalue weighted by Gasteiger charge is -2.36. The van der Waals surface area contributed by atoms with E-state index in [-0.39, 0.29) is 5.92 Å². The van der Waals surface area contributed by atoms with Crippen LogP contribution in [-0.4, -0.2) is 44.2 Å². The standard InChI is InChI=1S/C19H18N4O3.2C2H6/c24-19(25)15-11-23(12-15)10-13-4-6-14(7-5-13)18-21-17(26-22-18)9-16-3-1-2-8-20-16;2*1-2/h1-8,15H,9-12H2,(H,24,25);2*1-2H3. The monoisotopic (exact) mass is 410 g/mol. The number of carboxylic acids is 1. The smallest absolute Gasteiger partial charge is 0.309 e. The first-order valence-corrected chi connectivity index (χ1v) is 10.4. The van der Waals surface area contributed by atoms with Crippen molar-refractivity contribution in [3.8, 4) is 11.4 Å². The van der Waals surface area contributed by atoms with E-state index in [2.05, 4.69) is 20.0 Å². The fraction of sp³-hybridized carbons (Fsp3) is 0.391. The molecule has 0 bridgehead atoms. The Morgan fingerprint density at radius 2 is 1.80 bits per heavy atom. The molecule has 1 aromatic carbocycles. The van der Waals surface area contributed by atoms with E-state index in [4.69, 9.17) is 9.63 Å². The van der Waals surface area contributed by atoms with Gasteiger partial charge in [-0.2, -0.15) is 4.98 Å². The van der Waals surface area contributed by atoms with E-state index >= 15 is 0 Å². The molecule has 3 heterocycles. The van der Waals surface area contributed by atoms with E-state index in [1.807, 2.05) is 70.2 Å². The number of hydrogen-bond donors (Lipinski definition) is 1. The topological polar surface area (TPSA) is 92.3 Å². The first kappa shape index (κ1) is 23.2. The van der Waals surface area contributed by atoms with Gasteiger partial charge >= 0.3 is 5.97 Å². The molecule has 1 saturated heterocycles. The van der Waals surface area contributed by atoms with E-state index in [1.165, 1.54) is 0 Å². The highest BCUT2D eigenvalue weighted by atomic mass is 16.5. The molecule has 0 spiro atoms. The minimum absolute atomic E-state index is 0.230. The summed E-state index contributed by atoms with van der Waals surface area (Å²) in [5, 5.41) is 13.0. The van der Waals surface area contributed by atoms with Gasteiger partial charge in [0.25, 0.3) is 0 Å². The van der Waals surface area contributed by atoms with Crippen molar-refractivity contribution in [3.63, 3.8) is 0 Å². The number of carboxylic acid groups (broad SMARTS) is 1. The molecule has 1 N–H and O–H groups in total. The zero-order valence-electron chi connectivity index (χ0n) is 18.1. The molecule has 160 valence electrons. The van der Waals surface area contributed by atoms with Crippen LogP contribution in [0.3, 0.4) is 0 Å². The van der Waals surface area contributed by atoms with Crippen LogP contribution in [-0.2, 0) is 17.8 Å². The highest BCUT2D eigenvalue weighted by Crippen LogP contribution is 2.21. The lowest BCUT2D eigenvalue weighted by Crippen LogP contribution is -2.49. The summed E-state index contributed by atoms with van der Waals surface area (Å²) in [4.78, 5) is 21.6. The van der Waals surface area contributed by atoms with Gasteiger partial charge in [0.1, 0.15) is 0 Å². The van der Waals surface area contributed by atoms with Gasteiger partial charge in [-0.3, -0.25) is 14.7 Å². The van der Waals surface area contributed by atoms with E-state index in [9.17, 15) is 4.79 Å². The van der Waals surface area contributed by atoms with Gasteiger partial charge in [0, 0.05) is 37.1 Å². The molecule has 1 aliphatic rings. The van der Waals surface area contributed by atoms with Crippen molar-refractivity contribution in [2.75, 3.05) is 13.1 Å². The number of pyridine rings is 1. The zero-order valence-corrected chi connectivity index (χ0v) is 18.1. The Hall–Kier alpha value is -3.06. The molecule has 0 aliphatic carbocycles. The summed E-state index contributed by atoms with van der Waals surface area (Å²) in [6.07, 6.45) is 2.24. The first-order valence-electron chi connectivity index (χ1n) is 10.4. The highest BCUT2D eigenvalue weighted by molar-refractivity contribution is 5.71. The predicted octanol–water partition coefficient (Wildman–Crippen LogP) is 4.29. The number of carbonyl (C=O) groups is 1. The second-order valence-electron chi connectivity index (χ2n) is 6.44. The summed E-state index contributed by atoms with van der Waals surface area (Å²) in [6, 6.07) is 13.7. The van der Waals surface area contributed by atoms with Gasteiger partial charge in [0.2, 0.25) is 11.7 Å². The lowest BCUT2D eigenvalue weighted by atomic mass is 9.99. The summed E-state index contributed by atoms with van der Waals surface area (Å²) < 4.78 is 5.31. The number of nitrogens with zero attached hydrogens (tertiary/aromatic N) is 4. The summed E-state index contributed by atoms with van der Waals surface area (Å²) in [7, 11) is 0. The van der Waals surface area contributed by atoms with Crippen molar-refractivity contribution < 1.29 is 14.4 Å². The van der Waals surface area contributed by atoms with Gasteiger partial charge in [0.15, 0.2) is 0 Å². The molecule has 2 aromatic heterocycles. The molecule has 0 atom stereocenters. The quantitative estimate of drug-likeness (QED) is 0.648. The van der Waals surface area contributed by atoms with Crippen molar-refractivity contribution >= 4 is 5.97 Å². The largest absolute Gasteiger partial charge is 0.481 e. The number of aliphatic carboxylic acids is 1. The maximum atomic E-state index is 10.8. The fourth-order valence-electron chi connectivity index (χ4n) is 2.97. The normalized spacial score (nSPS) is 13.3. The van der Waals surface area contributed by atoms with Crippen LogP contribution in [0.4, 0.5) is 0 Å². The van der Waals surface area contributed by atoms with Crippen LogP contribution in [0.1, 0.15) is 44.8 Å². The predicted molar refractivity (Wildman–Crippen MR) is 116 cm³/mol. The fourth-order valence-corrected chi connectivity index (χ4v) is 2.97. The molecule has 1 aliphatic heterocycles. The van der Waals surface area contributed by atoms with Crippen LogP contribution in [0.2, 0.25) is 0 Å². The van der Waals surface area contributed by atoms with Crippen molar-refractivity contribution in [2.45, 2.75) is 40.7 Å². The molecule has 0 radical (unpaired) electrons. The van der Waals surface area contributed by atoms with Crippen LogP contribution in [0.5, 0.6) is 0 Å². The van der Waals surface area contributed by atoms with Crippen molar-refractivity contribution in [2.24, 2.45) is 5.92 Å². The van der Waals surface area contributed by atoms with Crippen LogP contribution < -0.4 is 0 Å². The van der Waals surface area contributed by atoms with Gasteiger partial charge in [-0.25, -0.2) is 0 Å². The van der Waals surface area contributed by atoms with E-state index in [1.54, 1.807) is 6.20 Å². The molecule has 0 unspecified atom stereocenters. The Bertz CT molecular complexity index is 888. The van der Waals surface area contributed by atoms with Crippen molar-refractivity contribution in [3.05, 3.63) is 65.8 Å². The van der Waals surface area contributed by atoms with Crippen LogP contribution in [0.15, 0.2) is 53.2 Å².